The third kappa shape index (κ3) is 2.16. The molecule has 1 aliphatic carbocycles. The molecule has 1 aliphatic heterocycles. The molecule has 3 rings (SSSR count). The SMILES string of the molecule is O=C(NC1C2CNCC21)c1cc(Br)ccc1Br. The third-order valence-electron chi connectivity index (χ3n) is 3.56. The maximum absolute atomic E-state index is 12.1. The van der Waals surface area contributed by atoms with Crippen molar-refractivity contribution in [3.05, 3.63) is 32.7 Å². The predicted molar refractivity (Wildman–Crippen MR) is 72.9 cm³/mol. The molecule has 1 amide bonds. The second-order valence-electron chi connectivity index (χ2n) is 4.61. The van der Waals surface area contributed by atoms with Crippen molar-refractivity contribution in [3.63, 3.8) is 0 Å². The zero-order valence-electron chi connectivity index (χ0n) is 9.04. The summed E-state index contributed by atoms with van der Waals surface area (Å²) in [6.07, 6.45) is 0. The number of nitrogens with one attached hydrogen (secondary N) is 2. The Morgan fingerprint density at radius 2 is 2.00 bits per heavy atom. The van der Waals surface area contributed by atoms with Crippen LogP contribution in [0.2, 0.25) is 0 Å². The lowest BCUT2D eigenvalue weighted by molar-refractivity contribution is 0.0946. The Morgan fingerprint density at radius 3 is 2.71 bits per heavy atom. The van der Waals surface area contributed by atoms with Crippen molar-refractivity contribution in [1.29, 1.82) is 0 Å². The summed E-state index contributed by atoms with van der Waals surface area (Å²) < 4.78 is 1.76. The predicted octanol–water partition coefficient (Wildman–Crippen LogP) is 2.16. The number of piperidine rings is 1. The van der Waals surface area contributed by atoms with Gasteiger partial charge in [0.2, 0.25) is 0 Å². The van der Waals surface area contributed by atoms with Gasteiger partial charge in [-0.25, -0.2) is 0 Å². The van der Waals surface area contributed by atoms with Gasteiger partial charge in [-0.05, 0) is 46.0 Å². The summed E-state index contributed by atoms with van der Waals surface area (Å²) in [4.78, 5) is 12.1. The van der Waals surface area contributed by atoms with Gasteiger partial charge >= 0.3 is 0 Å². The summed E-state index contributed by atoms with van der Waals surface area (Å²) in [7, 11) is 0. The fourth-order valence-corrected chi connectivity index (χ4v) is 3.32. The fourth-order valence-electron chi connectivity index (χ4n) is 2.53. The van der Waals surface area contributed by atoms with E-state index >= 15 is 0 Å². The molecule has 17 heavy (non-hydrogen) atoms. The number of carbonyl (C=O) groups is 1. The summed E-state index contributed by atoms with van der Waals surface area (Å²) >= 11 is 6.79. The van der Waals surface area contributed by atoms with E-state index in [9.17, 15) is 4.79 Å². The molecular formula is C12H12Br2N2O. The number of halogens is 2. The van der Waals surface area contributed by atoms with Gasteiger partial charge in [-0.2, -0.15) is 0 Å². The minimum Gasteiger partial charge on any atom is -0.349 e. The second-order valence-corrected chi connectivity index (χ2v) is 6.38. The van der Waals surface area contributed by atoms with E-state index < -0.39 is 0 Å². The number of hydrogen-bond donors (Lipinski definition) is 2. The average Bonchev–Trinajstić information content (AvgIpc) is 2.76. The number of benzene rings is 1. The first kappa shape index (κ1) is 11.7. The first-order chi connectivity index (χ1) is 8.16. The third-order valence-corrected chi connectivity index (χ3v) is 4.75. The highest BCUT2D eigenvalue weighted by Crippen LogP contribution is 2.41. The van der Waals surface area contributed by atoms with Crippen LogP contribution in [0.25, 0.3) is 0 Å². The zero-order chi connectivity index (χ0) is 12.0. The van der Waals surface area contributed by atoms with Crippen LogP contribution in [-0.4, -0.2) is 25.0 Å². The highest BCUT2D eigenvalue weighted by Gasteiger charge is 2.53. The lowest BCUT2D eigenvalue weighted by Crippen LogP contribution is -2.32. The Hall–Kier alpha value is -0.390. The Balaban J connectivity index is 1.72. The van der Waals surface area contributed by atoms with Crippen molar-refractivity contribution in [1.82, 2.24) is 10.6 Å². The molecule has 1 aromatic rings. The summed E-state index contributed by atoms with van der Waals surface area (Å²) in [5.74, 6) is 1.30. The maximum atomic E-state index is 12.1. The van der Waals surface area contributed by atoms with E-state index in [-0.39, 0.29) is 5.91 Å². The Bertz CT molecular complexity index is 468. The van der Waals surface area contributed by atoms with Gasteiger partial charge in [-0.15, -0.1) is 0 Å². The molecule has 2 unspecified atom stereocenters. The van der Waals surface area contributed by atoms with E-state index in [4.69, 9.17) is 0 Å². The van der Waals surface area contributed by atoms with Crippen molar-refractivity contribution in [2.75, 3.05) is 13.1 Å². The van der Waals surface area contributed by atoms with E-state index in [0.29, 0.717) is 23.4 Å². The average molecular weight is 360 g/mol. The van der Waals surface area contributed by atoms with Gasteiger partial charge in [0.15, 0.2) is 0 Å². The lowest BCUT2D eigenvalue weighted by Gasteiger charge is -2.09. The monoisotopic (exact) mass is 358 g/mol. The van der Waals surface area contributed by atoms with E-state index in [2.05, 4.69) is 42.5 Å². The maximum Gasteiger partial charge on any atom is 0.252 e. The summed E-state index contributed by atoms with van der Waals surface area (Å²) in [6, 6.07) is 6.01. The molecule has 2 fully saturated rings. The summed E-state index contributed by atoms with van der Waals surface area (Å²) in [6.45, 7) is 2.07. The number of rotatable bonds is 2. The van der Waals surface area contributed by atoms with Crippen LogP contribution in [-0.2, 0) is 0 Å². The number of fused-ring (bicyclic) bond motifs is 1. The summed E-state index contributed by atoms with van der Waals surface area (Å²) in [5.41, 5.74) is 0.692. The van der Waals surface area contributed by atoms with Crippen LogP contribution in [0.1, 0.15) is 10.4 Å². The van der Waals surface area contributed by atoms with Crippen LogP contribution < -0.4 is 10.6 Å². The molecule has 0 spiro atoms. The molecule has 5 heteroatoms. The van der Waals surface area contributed by atoms with E-state index in [1.165, 1.54) is 0 Å². The lowest BCUT2D eigenvalue weighted by atomic mass is 10.2. The molecule has 3 nitrogen and oxygen atoms in total. The molecule has 0 aromatic heterocycles. The van der Waals surface area contributed by atoms with Crippen molar-refractivity contribution in [2.45, 2.75) is 6.04 Å². The second kappa shape index (κ2) is 4.37. The van der Waals surface area contributed by atoms with Crippen molar-refractivity contribution >= 4 is 37.8 Å². The van der Waals surface area contributed by atoms with Crippen LogP contribution in [0.3, 0.4) is 0 Å². The number of hydrogen-bond acceptors (Lipinski definition) is 2. The molecule has 1 saturated carbocycles. The van der Waals surface area contributed by atoms with Crippen molar-refractivity contribution in [3.8, 4) is 0 Å². The first-order valence-corrected chi connectivity index (χ1v) is 7.22. The zero-order valence-corrected chi connectivity index (χ0v) is 12.2. The largest absolute Gasteiger partial charge is 0.349 e. The Labute approximate surface area is 117 Å². The minimum atomic E-state index is 0.0116. The van der Waals surface area contributed by atoms with Crippen LogP contribution in [0, 0.1) is 11.8 Å². The molecule has 1 heterocycles. The van der Waals surface area contributed by atoms with Gasteiger partial charge in [0.25, 0.3) is 5.91 Å². The van der Waals surface area contributed by atoms with Crippen molar-refractivity contribution < 1.29 is 4.79 Å². The van der Waals surface area contributed by atoms with Crippen LogP contribution in [0.4, 0.5) is 0 Å². The molecule has 90 valence electrons. The first-order valence-electron chi connectivity index (χ1n) is 5.63. The normalized spacial score (nSPS) is 29.9. The van der Waals surface area contributed by atoms with Gasteiger partial charge < -0.3 is 10.6 Å². The van der Waals surface area contributed by atoms with Gasteiger partial charge in [0.1, 0.15) is 0 Å². The van der Waals surface area contributed by atoms with Gasteiger partial charge in [0, 0.05) is 28.1 Å². The molecule has 1 saturated heterocycles. The fraction of sp³-hybridized carbons (Fsp3) is 0.417. The van der Waals surface area contributed by atoms with Gasteiger partial charge in [0.05, 0.1) is 5.56 Å². The smallest absolute Gasteiger partial charge is 0.252 e. The van der Waals surface area contributed by atoms with E-state index in [1.54, 1.807) is 0 Å². The van der Waals surface area contributed by atoms with Crippen LogP contribution in [0.5, 0.6) is 0 Å². The van der Waals surface area contributed by atoms with E-state index in [0.717, 1.165) is 22.0 Å². The van der Waals surface area contributed by atoms with Crippen molar-refractivity contribution in [2.24, 2.45) is 11.8 Å². The number of carbonyl (C=O) groups excluding carboxylic acids is 1. The molecule has 0 bridgehead atoms. The molecule has 2 N–H and O–H groups in total. The quantitative estimate of drug-likeness (QED) is 0.849. The van der Waals surface area contributed by atoms with E-state index in [1.807, 2.05) is 18.2 Å². The number of amides is 1. The molecular weight excluding hydrogens is 348 g/mol. The van der Waals surface area contributed by atoms with Gasteiger partial charge in [-0.3, -0.25) is 4.79 Å². The van der Waals surface area contributed by atoms with Crippen LogP contribution >= 0.6 is 31.9 Å². The highest BCUT2D eigenvalue weighted by molar-refractivity contribution is 9.11. The topological polar surface area (TPSA) is 41.1 Å². The highest BCUT2D eigenvalue weighted by atomic mass is 79.9. The minimum absolute atomic E-state index is 0.0116. The molecule has 1 aromatic carbocycles. The summed E-state index contributed by atoms with van der Waals surface area (Å²) in [5, 5.41) is 6.43. The molecule has 2 atom stereocenters. The Kier molecular flexibility index (Phi) is 3.00. The van der Waals surface area contributed by atoms with Gasteiger partial charge in [-0.1, -0.05) is 15.9 Å². The standard InChI is InChI=1S/C12H12Br2N2O/c13-6-1-2-10(14)7(3-6)12(17)16-11-8-4-15-5-9(8)11/h1-3,8-9,11,15H,4-5H2,(H,16,17). The molecule has 0 radical (unpaired) electrons. The Morgan fingerprint density at radius 1 is 1.29 bits per heavy atom. The van der Waals surface area contributed by atoms with Crippen LogP contribution in [0.15, 0.2) is 27.1 Å². The molecule has 2 aliphatic rings.